The van der Waals surface area contributed by atoms with Crippen LogP contribution in [-0.2, 0) is 22.8 Å². The van der Waals surface area contributed by atoms with E-state index < -0.39 is 21.7 Å². The topological polar surface area (TPSA) is 146 Å². The maximum Gasteiger partial charge on any atom is 0.271 e. The zero-order chi connectivity index (χ0) is 25.8. The third-order valence-corrected chi connectivity index (χ3v) is 6.21. The van der Waals surface area contributed by atoms with Crippen molar-refractivity contribution in [3.63, 3.8) is 0 Å². The Morgan fingerprint density at radius 1 is 1.20 bits per heavy atom. The maximum absolute atomic E-state index is 13.4. The summed E-state index contributed by atoms with van der Waals surface area (Å²) in [6, 6.07) is 9.54. The fraction of sp³-hybridized carbons (Fsp3) is 0.333. The molecular formula is C24H29N5O5S. The van der Waals surface area contributed by atoms with Gasteiger partial charge < -0.3 is 15.8 Å². The molecule has 0 spiro atoms. The molecule has 0 unspecified atom stereocenters. The Bertz CT molecular complexity index is 1330. The molecule has 186 valence electrons. The van der Waals surface area contributed by atoms with Gasteiger partial charge in [0, 0.05) is 12.5 Å². The molecule has 0 atom stereocenters. The fourth-order valence-corrected chi connectivity index (χ4v) is 4.06. The number of anilines is 1. The van der Waals surface area contributed by atoms with E-state index >= 15 is 0 Å². The largest absolute Gasteiger partial charge is 0.492 e. The number of primary amides is 1. The predicted molar refractivity (Wildman–Crippen MR) is 131 cm³/mol. The molecule has 1 aromatic carbocycles. The van der Waals surface area contributed by atoms with E-state index in [1.54, 1.807) is 16.9 Å². The molecule has 10 nitrogen and oxygen atoms in total. The minimum Gasteiger partial charge on any atom is -0.492 e. The molecule has 0 bridgehead atoms. The van der Waals surface area contributed by atoms with Crippen molar-refractivity contribution in [2.75, 3.05) is 18.2 Å². The van der Waals surface area contributed by atoms with Crippen LogP contribution >= 0.6 is 0 Å². The van der Waals surface area contributed by atoms with Crippen molar-refractivity contribution in [1.82, 2.24) is 14.8 Å². The first-order valence-corrected chi connectivity index (χ1v) is 13.0. The summed E-state index contributed by atoms with van der Waals surface area (Å²) in [5.74, 6) is -1.05. The SMILES string of the molecule is CCc1c(NC(=O)c2cc(S(C)(=O)=O)ccc2OCC(C)C)c(C(N)=O)nn1Cc1ccccn1. The second kappa shape index (κ2) is 10.7. The Kier molecular flexibility index (Phi) is 7.90. The van der Waals surface area contributed by atoms with E-state index in [4.69, 9.17) is 10.5 Å². The molecule has 3 N–H and O–H groups in total. The smallest absolute Gasteiger partial charge is 0.271 e. The summed E-state index contributed by atoms with van der Waals surface area (Å²) >= 11 is 0. The highest BCUT2D eigenvalue weighted by molar-refractivity contribution is 7.90. The molecule has 11 heteroatoms. The molecule has 2 heterocycles. The molecule has 2 amide bonds. The van der Waals surface area contributed by atoms with Gasteiger partial charge in [-0.3, -0.25) is 19.3 Å². The molecule has 0 fully saturated rings. The molecule has 3 aromatic rings. The van der Waals surface area contributed by atoms with E-state index in [-0.39, 0.29) is 40.1 Å². The van der Waals surface area contributed by atoms with E-state index in [1.165, 1.54) is 18.2 Å². The number of nitrogens with one attached hydrogen (secondary N) is 1. The van der Waals surface area contributed by atoms with Crippen molar-refractivity contribution < 1.29 is 22.7 Å². The molecule has 0 aliphatic rings. The lowest BCUT2D eigenvalue weighted by molar-refractivity contribution is 0.0995. The van der Waals surface area contributed by atoms with E-state index in [0.29, 0.717) is 24.4 Å². The zero-order valence-electron chi connectivity index (χ0n) is 20.1. The standard InChI is InChI=1S/C24H29N5O5S/c1-5-19-21(22(23(25)30)28-29(19)13-16-8-6-7-11-26-16)27-24(31)18-12-17(35(4,32)33)9-10-20(18)34-14-15(2)3/h6-12,15H,5,13-14H2,1-4H3,(H2,25,30)(H,27,31). The summed E-state index contributed by atoms with van der Waals surface area (Å²) in [5, 5.41) is 7.04. The molecule has 0 aliphatic heterocycles. The van der Waals surface area contributed by atoms with Crippen LogP contribution in [0.2, 0.25) is 0 Å². The van der Waals surface area contributed by atoms with Crippen LogP contribution in [0.1, 0.15) is 53.0 Å². The molecule has 0 radical (unpaired) electrons. The lowest BCUT2D eigenvalue weighted by atomic mass is 10.1. The number of hydrogen-bond donors (Lipinski definition) is 2. The molecule has 0 aliphatic carbocycles. The van der Waals surface area contributed by atoms with Crippen LogP contribution < -0.4 is 15.8 Å². The Morgan fingerprint density at radius 3 is 2.51 bits per heavy atom. The van der Waals surface area contributed by atoms with Gasteiger partial charge in [0.1, 0.15) is 5.75 Å². The van der Waals surface area contributed by atoms with E-state index in [9.17, 15) is 18.0 Å². The van der Waals surface area contributed by atoms with Crippen molar-refractivity contribution in [2.45, 2.75) is 38.6 Å². The fourth-order valence-electron chi connectivity index (χ4n) is 3.42. The summed E-state index contributed by atoms with van der Waals surface area (Å²) in [6.07, 6.45) is 3.14. The molecule has 3 rings (SSSR count). The number of rotatable bonds is 10. The number of carbonyl (C=O) groups is 2. The van der Waals surface area contributed by atoms with Crippen molar-refractivity contribution in [3.05, 3.63) is 65.2 Å². The average molecular weight is 500 g/mol. The highest BCUT2D eigenvalue weighted by Crippen LogP contribution is 2.27. The van der Waals surface area contributed by atoms with Gasteiger partial charge >= 0.3 is 0 Å². The van der Waals surface area contributed by atoms with Crippen LogP contribution in [0.5, 0.6) is 5.75 Å². The number of aromatic nitrogens is 3. The average Bonchev–Trinajstić information content (AvgIpc) is 3.14. The zero-order valence-corrected chi connectivity index (χ0v) is 20.9. The lowest BCUT2D eigenvalue weighted by Gasteiger charge is -2.15. The number of ether oxygens (including phenoxy) is 1. The van der Waals surface area contributed by atoms with Crippen LogP contribution in [-0.4, -0.2) is 47.9 Å². The number of carbonyl (C=O) groups excluding carboxylic acids is 2. The van der Waals surface area contributed by atoms with Gasteiger partial charge in [0.2, 0.25) is 0 Å². The Balaban J connectivity index is 2.04. The minimum atomic E-state index is -3.58. The van der Waals surface area contributed by atoms with Crippen LogP contribution in [0, 0.1) is 5.92 Å². The Labute approximate surface area is 204 Å². The monoisotopic (exact) mass is 499 g/mol. The third kappa shape index (κ3) is 6.24. The second-order valence-electron chi connectivity index (χ2n) is 8.46. The van der Waals surface area contributed by atoms with Gasteiger partial charge in [0.05, 0.1) is 40.7 Å². The normalized spacial score (nSPS) is 11.5. The predicted octanol–water partition coefficient (Wildman–Crippen LogP) is 2.68. The molecule has 2 aromatic heterocycles. The summed E-state index contributed by atoms with van der Waals surface area (Å²) in [7, 11) is -3.58. The Morgan fingerprint density at radius 2 is 1.94 bits per heavy atom. The first kappa shape index (κ1) is 25.9. The van der Waals surface area contributed by atoms with Crippen LogP contribution in [0.4, 0.5) is 5.69 Å². The van der Waals surface area contributed by atoms with Crippen molar-refractivity contribution in [1.29, 1.82) is 0 Å². The second-order valence-corrected chi connectivity index (χ2v) is 10.5. The van der Waals surface area contributed by atoms with Gasteiger partial charge in [-0.2, -0.15) is 5.10 Å². The summed E-state index contributed by atoms with van der Waals surface area (Å²) in [5.41, 5.74) is 6.93. The first-order valence-electron chi connectivity index (χ1n) is 11.1. The first-order chi connectivity index (χ1) is 16.5. The van der Waals surface area contributed by atoms with Gasteiger partial charge in [-0.1, -0.05) is 26.8 Å². The number of sulfone groups is 1. The number of benzene rings is 1. The quantitative estimate of drug-likeness (QED) is 0.436. The molecule has 0 saturated heterocycles. The van der Waals surface area contributed by atoms with Crippen LogP contribution in [0.25, 0.3) is 0 Å². The molecule has 0 saturated carbocycles. The molecular weight excluding hydrogens is 470 g/mol. The number of amides is 2. The maximum atomic E-state index is 13.4. The summed E-state index contributed by atoms with van der Waals surface area (Å²) in [4.78, 5) is 29.8. The van der Waals surface area contributed by atoms with Gasteiger partial charge in [0.25, 0.3) is 11.8 Å². The van der Waals surface area contributed by atoms with Crippen LogP contribution in [0.15, 0.2) is 47.5 Å². The van der Waals surface area contributed by atoms with Gasteiger partial charge in [-0.25, -0.2) is 8.42 Å². The Hall–Kier alpha value is -3.73. The van der Waals surface area contributed by atoms with Gasteiger partial charge in [-0.15, -0.1) is 0 Å². The van der Waals surface area contributed by atoms with E-state index in [2.05, 4.69) is 15.4 Å². The van der Waals surface area contributed by atoms with Crippen LogP contribution in [0.3, 0.4) is 0 Å². The molecule has 35 heavy (non-hydrogen) atoms. The van der Waals surface area contributed by atoms with Gasteiger partial charge in [0.15, 0.2) is 15.5 Å². The van der Waals surface area contributed by atoms with E-state index in [0.717, 1.165) is 6.26 Å². The highest BCUT2D eigenvalue weighted by atomic mass is 32.2. The number of nitrogens with zero attached hydrogens (tertiary/aromatic N) is 3. The van der Waals surface area contributed by atoms with Crippen molar-refractivity contribution >= 4 is 27.3 Å². The minimum absolute atomic E-state index is 0.0172. The van der Waals surface area contributed by atoms with Crippen molar-refractivity contribution in [3.8, 4) is 5.75 Å². The lowest BCUT2D eigenvalue weighted by Crippen LogP contribution is -2.20. The highest BCUT2D eigenvalue weighted by Gasteiger charge is 2.25. The summed E-state index contributed by atoms with van der Waals surface area (Å²) in [6.45, 7) is 6.36. The van der Waals surface area contributed by atoms with Crippen molar-refractivity contribution in [2.24, 2.45) is 11.7 Å². The summed E-state index contributed by atoms with van der Waals surface area (Å²) < 4.78 is 31.6. The van der Waals surface area contributed by atoms with E-state index in [1.807, 2.05) is 32.9 Å². The third-order valence-electron chi connectivity index (χ3n) is 5.10. The number of pyridine rings is 1. The number of nitrogens with two attached hydrogens (primary N) is 1. The van der Waals surface area contributed by atoms with Gasteiger partial charge in [-0.05, 0) is 42.7 Å². The number of hydrogen-bond acceptors (Lipinski definition) is 7.